The lowest BCUT2D eigenvalue weighted by atomic mass is 9.96. The molecule has 12 heavy (non-hydrogen) atoms. The van der Waals surface area contributed by atoms with Crippen molar-refractivity contribution >= 4 is 0 Å². The third-order valence-corrected chi connectivity index (χ3v) is 3.09. The van der Waals surface area contributed by atoms with E-state index in [0.29, 0.717) is 6.54 Å². The standard InChI is InChI=1S/C8H15NO3/c10-4-5-1-2-9-3-6(11)8(12)7(5)9/h5-8,10-12H,1-4H2/t5-,6+,7-,8+/m0/s1. The van der Waals surface area contributed by atoms with Crippen molar-refractivity contribution in [1.82, 2.24) is 4.90 Å². The maximum Gasteiger partial charge on any atom is 0.0969 e. The van der Waals surface area contributed by atoms with Crippen LogP contribution in [0, 0.1) is 5.92 Å². The van der Waals surface area contributed by atoms with Gasteiger partial charge in [0.05, 0.1) is 12.2 Å². The molecule has 0 aliphatic carbocycles. The highest BCUT2D eigenvalue weighted by atomic mass is 16.3. The Morgan fingerprint density at radius 1 is 1.33 bits per heavy atom. The molecule has 0 aromatic heterocycles. The lowest BCUT2D eigenvalue weighted by molar-refractivity contribution is 0.0227. The molecule has 0 radical (unpaired) electrons. The Bertz CT molecular complexity index is 171. The molecule has 0 spiro atoms. The van der Waals surface area contributed by atoms with Gasteiger partial charge >= 0.3 is 0 Å². The van der Waals surface area contributed by atoms with Gasteiger partial charge in [0.15, 0.2) is 0 Å². The number of nitrogens with zero attached hydrogens (tertiary/aromatic N) is 1. The number of hydrogen-bond donors (Lipinski definition) is 3. The molecule has 2 rings (SSSR count). The van der Waals surface area contributed by atoms with E-state index in [2.05, 4.69) is 4.90 Å². The van der Waals surface area contributed by atoms with Crippen LogP contribution in [0.5, 0.6) is 0 Å². The van der Waals surface area contributed by atoms with Crippen molar-refractivity contribution in [3.05, 3.63) is 0 Å². The van der Waals surface area contributed by atoms with Crippen LogP contribution >= 0.6 is 0 Å². The van der Waals surface area contributed by atoms with Gasteiger partial charge in [0.25, 0.3) is 0 Å². The van der Waals surface area contributed by atoms with E-state index in [1.54, 1.807) is 0 Å². The summed E-state index contributed by atoms with van der Waals surface area (Å²) in [5, 5.41) is 27.9. The first-order chi connectivity index (χ1) is 5.74. The molecule has 2 fully saturated rings. The third kappa shape index (κ3) is 1.07. The Kier molecular flexibility index (Phi) is 2.08. The lowest BCUT2D eigenvalue weighted by Gasteiger charge is -2.21. The highest BCUT2D eigenvalue weighted by Gasteiger charge is 2.47. The fraction of sp³-hybridized carbons (Fsp3) is 1.00. The summed E-state index contributed by atoms with van der Waals surface area (Å²) >= 11 is 0. The Morgan fingerprint density at radius 2 is 2.08 bits per heavy atom. The molecule has 3 N–H and O–H groups in total. The van der Waals surface area contributed by atoms with Gasteiger partial charge in [0, 0.05) is 25.1 Å². The third-order valence-electron chi connectivity index (χ3n) is 3.09. The number of hydrogen-bond acceptors (Lipinski definition) is 4. The second-order valence-electron chi connectivity index (χ2n) is 3.77. The fourth-order valence-electron chi connectivity index (χ4n) is 2.43. The molecular formula is C8H15NO3. The number of aliphatic hydroxyl groups is 3. The Hall–Kier alpha value is -0.160. The Morgan fingerprint density at radius 3 is 2.75 bits per heavy atom. The molecule has 4 atom stereocenters. The lowest BCUT2D eigenvalue weighted by Crippen LogP contribution is -2.37. The van der Waals surface area contributed by atoms with E-state index in [1.165, 1.54) is 0 Å². The average molecular weight is 173 g/mol. The molecular weight excluding hydrogens is 158 g/mol. The SMILES string of the molecule is OC[C@@H]1CCN2C[C@@H](O)[C@@H](O)[C@H]12. The molecule has 4 nitrogen and oxygen atoms in total. The van der Waals surface area contributed by atoms with Crippen LogP contribution < -0.4 is 0 Å². The van der Waals surface area contributed by atoms with Crippen LogP contribution in [0.1, 0.15) is 6.42 Å². The van der Waals surface area contributed by atoms with E-state index in [0.717, 1.165) is 13.0 Å². The summed E-state index contributed by atoms with van der Waals surface area (Å²) in [7, 11) is 0. The van der Waals surface area contributed by atoms with Crippen molar-refractivity contribution in [1.29, 1.82) is 0 Å². The second-order valence-corrected chi connectivity index (χ2v) is 3.77. The van der Waals surface area contributed by atoms with Crippen molar-refractivity contribution < 1.29 is 15.3 Å². The highest BCUT2D eigenvalue weighted by Crippen LogP contribution is 2.32. The molecule has 0 aromatic carbocycles. The van der Waals surface area contributed by atoms with Gasteiger partial charge < -0.3 is 15.3 Å². The topological polar surface area (TPSA) is 63.9 Å². The molecule has 0 amide bonds. The van der Waals surface area contributed by atoms with E-state index in [-0.39, 0.29) is 18.6 Å². The van der Waals surface area contributed by atoms with Gasteiger partial charge in [-0.25, -0.2) is 0 Å². The van der Waals surface area contributed by atoms with Crippen molar-refractivity contribution in [3.63, 3.8) is 0 Å². The van der Waals surface area contributed by atoms with Crippen LogP contribution in [-0.4, -0.2) is 58.2 Å². The molecule has 4 heteroatoms. The summed E-state index contributed by atoms with van der Waals surface area (Å²) in [4.78, 5) is 2.07. The monoisotopic (exact) mass is 173 g/mol. The first-order valence-corrected chi connectivity index (χ1v) is 4.45. The summed E-state index contributed by atoms with van der Waals surface area (Å²) in [6, 6.07) is -0.00926. The Balaban J connectivity index is 2.10. The van der Waals surface area contributed by atoms with Crippen molar-refractivity contribution in [2.24, 2.45) is 5.92 Å². The molecule has 70 valence electrons. The van der Waals surface area contributed by atoms with Crippen molar-refractivity contribution in [2.45, 2.75) is 24.7 Å². The smallest absolute Gasteiger partial charge is 0.0969 e. The predicted molar refractivity (Wildman–Crippen MR) is 42.6 cm³/mol. The van der Waals surface area contributed by atoms with Crippen LogP contribution in [0.15, 0.2) is 0 Å². The zero-order valence-electron chi connectivity index (χ0n) is 6.93. The molecule has 0 aromatic rings. The van der Waals surface area contributed by atoms with Crippen LogP contribution in [0.3, 0.4) is 0 Å². The van der Waals surface area contributed by atoms with Gasteiger partial charge in [-0.2, -0.15) is 0 Å². The molecule has 2 saturated heterocycles. The van der Waals surface area contributed by atoms with Gasteiger partial charge in [-0.05, 0) is 13.0 Å². The Labute approximate surface area is 71.4 Å². The van der Waals surface area contributed by atoms with Gasteiger partial charge in [-0.1, -0.05) is 0 Å². The molecule has 2 aliphatic rings. The van der Waals surface area contributed by atoms with Crippen LogP contribution in [0.4, 0.5) is 0 Å². The van der Waals surface area contributed by atoms with E-state index in [1.807, 2.05) is 0 Å². The molecule has 2 aliphatic heterocycles. The van der Waals surface area contributed by atoms with Gasteiger partial charge in [-0.15, -0.1) is 0 Å². The van der Waals surface area contributed by atoms with E-state index in [4.69, 9.17) is 5.11 Å². The van der Waals surface area contributed by atoms with Crippen LogP contribution in [0.25, 0.3) is 0 Å². The summed E-state index contributed by atoms with van der Waals surface area (Å²) in [6.45, 7) is 1.57. The van der Waals surface area contributed by atoms with Gasteiger partial charge in [0.1, 0.15) is 0 Å². The molecule has 0 unspecified atom stereocenters. The minimum absolute atomic E-state index is 0.00926. The summed E-state index contributed by atoms with van der Waals surface area (Å²) < 4.78 is 0. The minimum Gasteiger partial charge on any atom is -0.396 e. The summed E-state index contributed by atoms with van der Waals surface area (Å²) in [6.07, 6.45) is -0.348. The minimum atomic E-state index is -0.662. The van der Waals surface area contributed by atoms with Crippen molar-refractivity contribution in [3.8, 4) is 0 Å². The van der Waals surface area contributed by atoms with E-state index < -0.39 is 12.2 Å². The largest absolute Gasteiger partial charge is 0.396 e. The highest BCUT2D eigenvalue weighted by molar-refractivity contribution is 5.00. The zero-order chi connectivity index (χ0) is 8.72. The van der Waals surface area contributed by atoms with Gasteiger partial charge in [0.2, 0.25) is 0 Å². The molecule has 2 heterocycles. The maximum absolute atomic E-state index is 9.57. The summed E-state index contributed by atoms with van der Waals surface area (Å²) in [5.41, 5.74) is 0. The zero-order valence-corrected chi connectivity index (χ0v) is 6.93. The normalized spacial score (nSPS) is 48.2. The second kappa shape index (κ2) is 2.96. The van der Waals surface area contributed by atoms with E-state index >= 15 is 0 Å². The van der Waals surface area contributed by atoms with Crippen LogP contribution in [-0.2, 0) is 0 Å². The predicted octanol–water partition coefficient (Wildman–Crippen LogP) is -1.60. The molecule has 0 bridgehead atoms. The number of fused-ring (bicyclic) bond motifs is 1. The number of rotatable bonds is 1. The average Bonchev–Trinajstić information content (AvgIpc) is 2.55. The van der Waals surface area contributed by atoms with Crippen LogP contribution in [0.2, 0.25) is 0 Å². The maximum atomic E-state index is 9.57. The van der Waals surface area contributed by atoms with E-state index in [9.17, 15) is 10.2 Å². The quantitative estimate of drug-likeness (QED) is 0.447. The number of aliphatic hydroxyl groups excluding tert-OH is 3. The van der Waals surface area contributed by atoms with Crippen molar-refractivity contribution in [2.75, 3.05) is 19.7 Å². The fourth-order valence-corrected chi connectivity index (χ4v) is 2.43. The first kappa shape index (κ1) is 8.44. The summed E-state index contributed by atoms with van der Waals surface area (Å²) in [5.74, 6) is 0.150. The van der Waals surface area contributed by atoms with Gasteiger partial charge in [-0.3, -0.25) is 4.90 Å². The molecule has 0 saturated carbocycles. The first-order valence-electron chi connectivity index (χ1n) is 4.45.